The van der Waals surface area contributed by atoms with E-state index in [-0.39, 0.29) is 36.1 Å². The standard InChI is InChI=1S/C29H27N3O7/c1-29(2)15-20-27(22(33)16-29)28(24-11-10-23(39-24)17-6-5-7-18(14-17)32(37)38)31(25(34)12-13-26(35)36)21-9-4-3-8-19(21)30-20/h3-11,14,28,30H,12-13,15-16H2,1-2H3,(H,35,36)/t28-/m1/s1. The summed E-state index contributed by atoms with van der Waals surface area (Å²) in [6.45, 7) is 4.01. The van der Waals surface area contributed by atoms with Gasteiger partial charge in [0, 0.05) is 41.8 Å². The van der Waals surface area contributed by atoms with E-state index in [1.807, 2.05) is 26.0 Å². The Morgan fingerprint density at radius 2 is 1.87 bits per heavy atom. The third-order valence-electron chi connectivity index (χ3n) is 6.96. The van der Waals surface area contributed by atoms with Crippen LogP contribution in [0.15, 0.2) is 76.4 Å². The zero-order chi connectivity index (χ0) is 27.9. The number of nitro benzene ring substituents is 1. The number of amides is 1. The molecule has 3 aromatic rings. The normalized spacial score (nSPS) is 18.1. The molecular weight excluding hydrogens is 502 g/mol. The number of fused-ring (bicyclic) bond motifs is 1. The Balaban J connectivity index is 1.69. The molecule has 2 N–H and O–H groups in total. The molecule has 5 rings (SSSR count). The molecule has 0 saturated heterocycles. The van der Waals surface area contributed by atoms with Gasteiger partial charge in [-0.3, -0.25) is 29.4 Å². The predicted octanol–water partition coefficient (Wildman–Crippen LogP) is 5.86. The largest absolute Gasteiger partial charge is 0.481 e. The molecule has 1 atom stereocenters. The number of benzene rings is 2. The third kappa shape index (κ3) is 5.05. The van der Waals surface area contributed by atoms with Crippen LogP contribution >= 0.6 is 0 Å². The van der Waals surface area contributed by atoms with Gasteiger partial charge in [-0.05, 0) is 36.1 Å². The lowest BCUT2D eigenvalue weighted by Gasteiger charge is -2.36. The van der Waals surface area contributed by atoms with E-state index < -0.39 is 22.8 Å². The number of furan rings is 1. The number of aliphatic carboxylic acids is 1. The summed E-state index contributed by atoms with van der Waals surface area (Å²) in [6.07, 6.45) is 0.160. The number of Topliss-reactive ketones (excluding diaryl/α,β-unsaturated/α-hetero) is 1. The van der Waals surface area contributed by atoms with Crippen molar-refractivity contribution >= 4 is 34.7 Å². The first kappa shape index (κ1) is 25.9. The van der Waals surface area contributed by atoms with Gasteiger partial charge in [0.25, 0.3) is 5.69 Å². The summed E-state index contributed by atoms with van der Waals surface area (Å²) >= 11 is 0. The molecule has 10 heteroatoms. The minimum Gasteiger partial charge on any atom is -0.481 e. The number of allylic oxidation sites excluding steroid dienone is 1. The number of hydrogen-bond donors (Lipinski definition) is 2. The summed E-state index contributed by atoms with van der Waals surface area (Å²) in [5.74, 6) is -1.10. The molecule has 1 aliphatic carbocycles. The highest BCUT2D eigenvalue weighted by molar-refractivity contribution is 6.06. The van der Waals surface area contributed by atoms with Gasteiger partial charge in [0.15, 0.2) is 5.78 Å². The number of nitrogens with zero attached hydrogens (tertiary/aromatic N) is 2. The molecule has 1 aromatic heterocycles. The van der Waals surface area contributed by atoms with Crippen LogP contribution in [0, 0.1) is 15.5 Å². The first-order chi connectivity index (χ1) is 18.5. The van der Waals surface area contributed by atoms with Crippen LogP contribution in [0.1, 0.15) is 51.3 Å². The molecule has 0 fully saturated rings. The van der Waals surface area contributed by atoms with E-state index in [1.165, 1.54) is 17.0 Å². The number of ketones is 1. The lowest BCUT2D eigenvalue weighted by molar-refractivity contribution is -0.384. The van der Waals surface area contributed by atoms with E-state index >= 15 is 0 Å². The number of carboxylic acids is 1. The molecule has 0 bridgehead atoms. The van der Waals surface area contributed by atoms with Crippen LogP contribution in [-0.2, 0) is 14.4 Å². The summed E-state index contributed by atoms with van der Waals surface area (Å²) in [7, 11) is 0. The Bertz CT molecular complexity index is 1530. The van der Waals surface area contributed by atoms with Crippen molar-refractivity contribution in [3.05, 3.63) is 87.8 Å². The highest BCUT2D eigenvalue weighted by atomic mass is 16.6. The smallest absolute Gasteiger partial charge is 0.303 e. The van der Waals surface area contributed by atoms with Crippen LogP contribution in [0.25, 0.3) is 11.3 Å². The average molecular weight is 530 g/mol. The second-order valence-electron chi connectivity index (χ2n) is 10.5. The van der Waals surface area contributed by atoms with Crippen LogP contribution in [0.5, 0.6) is 0 Å². The van der Waals surface area contributed by atoms with E-state index in [0.717, 1.165) is 0 Å². The predicted molar refractivity (Wildman–Crippen MR) is 143 cm³/mol. The number of carbonyl (C=O) groups is 3. The van der Waals surface area contributed by atoms with Crippen molar-refractivity contribution in [1.29, 1.82) is 0 Å². The van der Waals surface area contributed by atoms with Gasteiger partial charge in [0.2, 0.25) is 5.91 Å². The molecule has 0 unspecified atom stereocenters. The highest BCUT2D eigenvalue weighted by Crippen LogP contribution is 2.49. The molecule has 0 spiro atoms. The molecule has 200 valence electrons. The molecule has 10 nitrogen and oxygen atoms in total. The van der Waals surface area contributed by atoms with Gasteiger partial charge in [0.1, 0.15) is 17.6 Å². The number of non-ortho nitro benzene ring substituents is 1. The van der Waals surface area contributed by atoms with E-state index in [4.69, 9.17) is 4.42 Å². The fourth-order valence-electron chi connectivity index (χ4n) is 5.29. The molecule has 0 radical (unpaired) electrons. The monoisotopic (exact) mass is 529 g/mol. The SMILES string of the molecule is CC1(C)CC(=O)C2=C(C1)Nc1ccccc1N(C(=O)CCC(=O)O)[C@@H]2c1ccc(-c2cccc([N+](=O)[O-])c2)o1. The van der Waals surface area contributed by atoms with Crippen molar-refractivity contribution in [2.24, 2.45) is 5.41 Å². The maximum Gasteiger partial charge on any atom is 0.303 e. The summed E-state index contributed by atoms with van der Waals surface area (Å²) in [4.78, 5) is 51.0. The maximum absolute atomic E-state index is 13.7. The Labute approximate surface area is 224 Å². The van der Waals surface area contributed by atoms with Crippen molar-refractivity contribution in [3.8, 4) is 11.3 Å². The fourth-order valence-corrected chi connectivity index (χ4v) is 5.29. The number of anilines is 2. The Morgan fingerprint density at radius 3 is 2.62 bits per heavy atom. The van der Waals surface area contributed by atoms with Crippen LogP contribution in [-0.4, -0.2) is 27.7 Å². The molecule has 2 heterocycles. The Morgan fingerprint density at radius 1 is 1.10 bits per heavy atom. The maximum atomic E-state index is 13.7. The number of rotatable bonds is 6. The Kier molecular flexibility index (Phi) is 6.55. The molecule has 1 amide bonds. The number of nitrogens with one attached hydrogen (secondary N) is 1. The van der Waals surface area contributed by atoms with Crippen LogP contribution in [0.3, 0.4) is 0 Å². The van der Waals surface area contributed by atoms with Gasteiger partial charge in [0.05, 0.1) is 22.7 Å². The second kappa shape index (κ2) is 9.86. The molecule has 1 aliphatic heterocycles. The second-order valence-corrected chi connectivity index (χ2v) is 10.5. The van der Waals surface area contributed by atoms with Gasteiger partial charge < -0.3 is 14.8 Å². The van der Waals surface area contributed by atoms with E-state index in [9.17, 15) is 29.6 Å². The summed E-state index contributed by atoms with van der Waals surface area (Å²) in [5.41, 5.74) is 2.22. The van der Waals surface area contributed by atoms with Crippen LogP contribution in [0.4, 0.5) is 17.1 Å². The molecule has 0 saturated carbocycles. The van der Waals surface area contributed by atoms with Crippen LogP contribution in [0.2, 0.25) is 0 Å². The summed E-state index contributed by atoms with van der Waals surface area (Å²) in [6, 6.07) is 15.5. The number of carboxylic acid groups (broad SMARTS) is 1. The Hall–Kier alpha value is -4.73. The molecule has 2 aromatic carbocycles. The van der Waals surface area contributed by atoms with Crippen LogP contribution < -0.4 is 10.2 Å². The molecular formula is C29H27N3O7. The highest BCUT2D eigenvalue weighted by Gasteiger charge is 2.44. The third-order valence-corrected chi connectivity index (χ3v) is 6.96. The number of hydrogen-bond acceptors (Lipinski definition) is 7. The van der Waals surface area contributed by atoms with Gasteiger partial charge in [-0.1, -0.05) is 38.1 Å². The first-order valence-electron chi connectivity index (χ1n) is 12.5. The van der Waals surface area contributed by atoms with Crippen molar-refractivity contribution in [2.75, 3.05) is 10.2 Å². The summed E-state index contributed by atoms with van der Waals surface area (Å²) < 4.78 is 6.22. The van der Waals surface area contributed by atoms with Crippen molar-refractivity contribution in [1.82, 2.24) is 0 Å². The quantitative estimate of drug-likeness (QED) is 0.298. The number of para-hydroxylation sites is 2. The topological polar surface area (TPSA) is 143 Å². The lowest BCUT2D eigenvalue weighted by atomic mass is 9.74. The minimum absolute atomic E-state index is 0.0989. The van der Waals surface area contributed by atoms with Gasteiger partial charge in [-0.15, -0.1) is 0 Å². The van der Waals surface area contributed by atoms with Crippen molar-refractivity contribution < 1.29 is 28.8 Å². The van der Waals surface area contributed by atoms with E-state index in [2.05, 4.69) is 5.32 Å². The lowest BCUT2D eigenvalue weighted by Crippen LogP contribution is -2.39. The zero-order valence-corrected chi connectivity index (χ0v) is 21.5. The molecule has 2 aliphatic rings. The van der Waals surface area contributed by atoms with Gasteiger partial charge >= 0.3 is 5.97 Å². The minimum atomic E-state index is -1.11. The van der Waals surface area contributed by atoms with Crippen molar-refractivity contribution in [2.45, 2.75) is 45.6 Å². The van der Waals surface area contributed by atoms with E-state index in [1.54, 1.807) is 36.4 Å². The number of nitro groups is 1. The van der Waals surface area contributed by atoms with Gasteiger partial charge in [-0.25, -0.2) is 0 Å². The van der Waals surface area contributed by atoms with Gasteiger partial charge in [-0.2, -0.15) is 0 Å². The van der Waals surface area contributed by atoms with E-state index in [0.29, 0.717) is 46.1 Å². The zero-order valence-electron chi connectivity index (χ0n) is 21.5. The average Bonchev–Trinajstić information content (AvgIpc) is 3.31. The number of carbonyl (C=O) groups excluding carboxylic acids is 2. The first-order valence-corrected chi connectivity index (χ1v) is 12.5. The van der Waals surface area contributed by atoms with Crippen molar-refractivity contribution in [3.63, 3.8) is 0 Å². The fraction of sp³-hybridized carbons (Fsp3) is 0.276. The molecule has 39 heavy (non-hydrogen) atoms. The summed E-state index contributed by atoms with van der Waals surface area (Å²) in [5, 5.41) is 24.0.